The molecule has 4 aromatic carbocycles. The highest BCUT2D eigenvalue weighted by Gasteiger charge is 2.28. The fourth-order valence-corrected chi connectivity index (χ4v) is 5.30. The van der Waals surface area contributed by atoms with Gasteiger partial charge in [0.05, 0.1) is 52.1 Å². The summed E-state index contributed by atoms with van der Waals surface area (Å²) in [5.41, 5.74) is 1.98. The number of fused-ring (bicyclic) bond motifs is 2. The number of carbonyl (C=O) groups is 2. The summed E-state index contributed by atoms with van der Waals surface area (Å²) >= 11 is 11.8. The monoisotopic (exact) mass is 690 g/mol. The largest absolute Gasteiger partial charge is 0.467 e. The quantitative estimate of drug-likeness (QED) is 0.0947. The van der Waals surface area contributed by atoms with Crippen LogP contribution in [0.3, 0.4) is 0 Å². The summed E-state index contributed by atoms with van der Waals surface area (Å²) < 4.78 is 12.5. The van der Waals surface area contributed by atoms with E-state index in [9.17, 15) is 29.8 Å². The molecule has 2 aromatic heterocycles. The number of nitrogens with zero attached hydrogens (tertiary/aromatic N) is 6. The predicted molar refractivity (Wildman–Crippen MR) is 176 cm³/mol. The van der Waals surface area contributed by atoms with E-state index in [1.54, 1.807) is 72.8 Å². The molecular formula is C32H24Cl2N6O8. The van der Waals surface area contributed by atoms with Crippen molar-refractivity contribution in [2.24, 2.45) is 0 Å². The Hall–Kier alpha value is -5.86. The number of nitro groups is 2. The van der Waals surface area contributed by atoms with Crippen molar-refractivity contribution in [3.05, 3.63) is 139 Å². The van der Waals surface area contributed by atoms with Crippen LogP contribution in [0.5, 0.6) is 0 Å². The number of carbonyl (C=O) groups excluding carboxylic acids is 2. The number of aromatic nitrogens is 4. The van der Waals surface area contributed by atoms with E-state index >= 15 is 0 Å². The van der Waals surface area contributed by atoms with E-state index < -0.39 is 33.9 Å². The molecule has 14 nitrogen and oxygen atoms in total. The summed E-state index contributed by atoms with van der Waals surface area (Å²) in [5, 5.41) is 32.6. The molecule has 0 spiro atoms. The number of nitro benzene ring substituents is 2. The van der Waals surface area contributed by atoms with Crippen molar-refractivity contribution >= 4 is 68.3 Å². The first-order valence-electron chi connectivity index (χ1n) is 13.9. The number of hydrogen-bond acceptors (Lipinski definition) is 10. The second-order valence-corrected chi connectivity index (χ2v) is 11.0. The number of methoxy groups -OCH3 is 2. The van der Waals surface area contributed by atoms with Crippen LogP contribution in [-0.2, 0) is 19.1 Å². The Labute approximate surface area is 281 Å². The zero-order chi connectivity index (χ0) is 34.5. The average molecular weight is 691 g/mol. The van der Waals surface area contributed by atoms with Gasteiger partial charge in [-0.1, -0.05) is 59.6 Å². The van der Waals surface area contributed by atoms with Crippen molar-refractivity contribution in [1.82, 2.24) is 19.6 Å². The van der Waals surface area contributed by atoms with Crippen molar-refractivity contribution < 1.29 is 28.9 Å². The third kappa shape index (κ3) is 6.79. The predicted octanol–water partition coefficient (Wildman–Crippen LogP) is 6.72. The van der Waals surface area contributed by atoms with E-state index in [-0.39, 0.29) is 11.4 Å². The number of ether oxygens (including phenoxy) is 2. The fourth-order valence-electron chi connectivity index (χ4n) is 5.05. The van der Waals surface area contributed by atoms with Crippen LogP contribution in [0.25, 0.3) is 21.8 Å². The number of non-ortho nitro benzene ring substituents is 2. The average Bonchev–Trinajstić information content (AvgIpc) is 3.71. The van der Waals surface area contributed by atoms with Crippen LogP contribution < -0.4 is 0 Å². The zero-order valence-corrected chi connectivity index (χ0v) is 26.6. The summed E-state index contributed by atoms with van der Waals surface area (Å²) in [6, 6.07) is 20.8. The van der Waals surface area contributed by atoms with Gasteiger partial charge in [0.25, 0.3) is 11.4 Å². The van der Waals surface area contributed by atoms with E-state index in [1.807, 2.05) is 0 Å². The molecule has 0 saturated carbocycles. The van der Waals surface area contributed by atoms with Crippen LogP contribution in [0.15, 0.2) is 97.3 Å². The first-order valence-corrected chi connectivity index (χ1v) is 14.7. The molecular weight excluding hydrogens is 667 g/mol. The van der Waals surface area contributed by atoms with Gasteiger partial charge in [-0.25, -0.2) is 14.3 Å². The number of hydrogen-bond donors (Lipinski definition) is 0. The molecule has 244 valence electrons. The first-order chi connectivity index (χ1) is 23.0. The number of benzene rings is 4. The second-order valence-electron chi connectivity index (χ2n) is 10.1. The molecule has 2 heterocycles. The van der Waals surface area contributed by atoms with Crippen LogP contribution >= 0.6 is 23.2 Å². The highest BCUT2D eigenvalue weighted by molar-refractivity contribution is 6.30. The molecule has 0 amide bonds. The lowest BCUT2D eigenvalue weighted by Crippen LogP contribution is -2.23. The van der Waals surface area contributed by atoms with Gasteiger partial charge in [-0.2, -0.15) is 10.2 Å². The van der Waals surface area contributed by atoms with E-state index in [2.05, 4.69) is 10.2 Å². The van der Waals surface area contributed by atoms with Gasteiger partial charge in [0, 0.05) is 28.4 Å². The van der Waals surface area contributed by atoms with Crippen molar-refractivity contribution in [2.75, 3.05) is 14.2 Å². The fraction of sp³-hybridized carbons (Fsp3) is 0.125. The van der Waals surface area contributed by atoms with Crippen LogP contribution in [0.4, 0.5) is 11.4 Å². The lowest BCUT2D eigenvalue weighted by Gasteiger charge is -2.16. The standard InChI is InChI=1S/2C16H12ClN3O4/c1-24-16(21)15(10-5-7-11(17)8-6-10)19-9-12-13(18-19)3-2-4-14(12)20(22)23;1-24-16(21)15(10-5-7-11(17)8-6-10)19-13-3-2-4-14(20(22)23)12(13)9-18-19/h2*2-9,15H,1H3. The van der Waals surface area contributed by atoms with E-state index in [4.69, 9.17) is 32.7 Å². The molecule has 0 radical (unpaired) electrons. The lowest BCUT2D eigenvalue weighted by atomic mass is 10.1. The van der Waals surface area contributed by atoms with Gasteiger partial charge < -0.3 is 9.47 Å². The minimum Gasteiger partial charge on any atom is -0.467 e. The van der Waals surface area contributed by atoms with Crippen LogP contribution in [-0.4, -0.2) is 55.6 Å². The summed E-state index contributed by atoms with van der Waals surface area (Å²) in [5.74, 6) is -1.07. The molecule has 0 aliphatic rings. The SMILES string of the molecule is COC(=O)C(c1ccc(Cl)cc1)n1cc2c([N+](=O)[O-])cccc2n1.COC(=O)C(c1ccc(Cl)cc1)n1ncc2c([N+](=O)[O-])cccc21. The summed E-state index contributed by atoms with van der Waals surface area (Å²) in [7, 11) is 2.55. The molecule has 16 heteroatoms. The molecule has 6 aromatic rings. The zero-order valence-electron chi connectivity index (χ0n) is 25.1. The van der Waals surface area contributed by atoms with E-state index in [1.165, 1.54) is 48.1 Å². The highest BCUT2D eigenvalue weighted by atomic mass is 35.5. The maximum Gasteiger partial charge on any atom is 0.335 e. The summed E-state index contributed by atoms with van der Waals surface area (Å²) in [6.45, 7) is 0. The minimum atomic E-state index is -0.869. The van der Waals surface area contributed by atoms with Crippen LogP contribution in [0, 0.1) is 20.2 Å². The van der Waals surface area contributed by atoms with Gasteiger partial charge in [0.15, 0.2) is 12.1 Å². The van der Waals surface area contributed by atoms with Gasteiger partial charge in [0.1, 0.15) is 0 Å². The van der Waals surface area contributed by atoms with Crippen molar-refractivity contribution in [3.63, 3.8) is 0 Å². The third-order valence-corrected chi connectivity index (χ3v) is 7.79. The first kappa shape index (κ1) is 33.5. The third-order valence-electron chi connectivity index (χ3n) is 7.29. The second kappa shape index (κ2) is 14.3. The molecule has 0 N–H and O–H groups in total. The van der Waals surface area contributed by atoms with E-state index in [0.29, 0.717) is 43.0 Å². The molecule has 0 aliphatic carbocycles. The molecule has 0 fully saturated rings. The topological polar surface area (TPSA) is 175 Å². The Morgan fingerprint density at radius 1 is 0.729 bits per heavy atom. The molecule has 2 atom stereocenters. The molecule has 0 bridgehead atoms. The smallest absolute Gasteiger partial charge is 0.335 e. The molecule has 2 unspecified atom stereocenters. The molecule has 0 aliphatic heterocycles. The highest BCUT2D eigenvalue weighted by Crippen LogP contribution is 2.31. The number of halogens is 2. The molecule has 0 saturated heterocycles. The van der Waals surface area contributed by atoms with Crippen LogP contribution in [0.1, 0.15) is 23.2 Å². The van der Waals surface area contributed by atoms with Gasteiger partial charge >= 0.3 is 11.9 Å². The Bertz CT molecular complexity index is 2120. The van der Waals surface area contributed by atoms with Crippen molar-refractivity contribution in [1.29, 1.82) is 0 Å². The van der Waals surface area contributed by atoms with Gasteiger partial charge in [-0.05, 0) is 47.5 Å². The van der Waals surface area contributed by atoms with E-state index in [0.717, 1.165) is 0 Å². The van der Waals surface area contributed by atoms with Gasteiger partial charge in [0.2, 0.25) is 0 Å². The molecule has 48 heavy (non-hydrogen) atoms. The Kier molecular flexibility index (Phi) is 9.96. The Morgan fingerprint density at radius 3 is 1.77 bits per heavy atom. The van der Waals surface area contributed by atoms with Crippen LogP contribution in [0.2, 0.25) is 10.0 Å². The Balaban J connectivity index is 0.000000188. The molecule has 6 rings (SSSR count). The van der Waals surface area contributed by atoms with Gasteiger partial charge in [-0.15, -0.1) is 0 Å². The lowest BCUT2D eigenvalue weighted by molar-refractivity contribution is -0.383. The normalized spacial score (nSPS) is 12.1. The maximum atomic E-state index is 12.3. The number of esters is 2. The summed E-state index contributed by atoms with van der Waals surface area (Å²) in [6.07, 6.45) is 2.85. The number of rotatable bonds is 8. The van der Waals surface area contributed by atoms with Crippen molar-refractivity contribution in [3.8, 4) is 0 Å². The van der Waals surface area contributed by atoms with Gasteiger partial charge in [-0.3, -0.25) is 24.9 Å². The Morgan fingerprint density at radius 2 is 1.23 bits per heavy atom. The summed E-state index contributed by atoms with van der Waals surface area (Å²) in [4.78, 5) is 45.9. The van der Waals surface area contributed by atoms with Crippen molar-refractivity contribution in [2.45, 2.75) is 12.1 Å². The maximum absolute atomic E-state index is 12.3. The minimum absolute atomic E-state index is 0.0709.